The summed E-state index contributed by atoms with van der Waals surface area (Å²) in [5, 5.41) is 6.23. The van der Waals surface area contributed by atoms with E-state index in [0.717, 1.165) is 25.9 Å². The smallest absolute Gasteiger partial charge is 0.252 e. The lowest BCUT2D eigenvalue weighted by Gasteiger charge is -2.37. The van der Waals surface area contributed by atoms with Crippen LogP contribution < -0.4 is 10.6 Å². The molecule has 6 heteroatoms. The van der Waals surface area contributed by atoms with Crippen molar-refractivity contribution in [1.82, 2.24) is 10.6 Å². The van der Waals surface area contributed by atoms with Crippen molar-refractivity contribution in [2.45, 2.75) is 12.8 Å². The molecule has 116 valence electrons. The van der Waals surface area contributed by atoms with Gasteiger partial charge in [-0.05, 0) is 60.1 Å². The Bertz CT molecular complexity index is 499. The van der Waals surface area contributed by atoms with Crippen molar-refractivity contribution in [3.63, 3.8) is 0 Å². The third-order valence-electron chi connectivity index (χ3n) is 3.91. The molecule has 2 N–H and O–H groups in total. The van der Waals surface area contributed by atoms with Crippen molar-refractivity contribution >= 4 is 21.8 Å². The van der Waals surface area contributed by atoms with Crippen LogP contribution >= 0.6 is 15.9 Å². The van der Waals surface area contributed by atoms with Gasteiger partial charge in [-0.1, -0.05) is 0 Å². The number of piperidine rings is 1. The van der Waals surface area contributed by atoms with E-state index >= 15 is 0 Å². The monoisotopic (exact) mass is 358 g/mol. The summed E-state index contributed by atoms with van der Waals surface area (Å²) in [6.07, 6.45) is 1.90. The Morgan fingerprint density at radius 1 is 1.48 bits per heavy atom. The molecule has 21 heavy (non-hydrogen) atoms. The Labute approximate surface area is 132 Å². The maximum absolute atomic E-state index is 13.3. The summed E-state index contributed by atoms with van der Waals surface area (Å²) >= 11 is 3.28. The van der Waals surface area contributed by atoms with Crippen LogP contribution in [0.4, 0.5) is 4.39 Å². The van der Waals surface area contributed by atoms with Gasteiger partial charge in [-0.2, -0.15) is 0 Å². The van der Waals surface area contributed by atoms with Gasteiger partial charge in [0.05, 0.1) is 12.2 Å². The van der Waals surface area contributed by atoms with Crippen molar-refractivity contribution in [2.24, 2.45) is 5.41 Å². The molecule has 1 aliphatic heterocycles. The average molecular weight is 359 g/mol. The molecule has 4 nitrogen and oxygen atoms in total. The molecule has 0 radical (unpaired) electrons. The van der Waals surface area contributed by atoms with Crippen molar-refractivity contribution < 1.29 is 13.9 Å². The van der Waals surface area contributed by atoms with Gasteiger partial charge in [0.15, 0.2) is 0 Å². The predicted octanol–water partition coefficient (Wildman–Crippen LogP) is 2.33. The molecule has 0 aromatic heterocycles. The summed E-state index contributed by atoms with van der Waals surface area (Å²) in [4.78, 5) is 12.2. The van der Waals surface area contributed by atoms with Crippen LogP contribution in [-0.2, 0) is 4.74 Å². The summed E-state index contributed by atoms with van der Waals surface area (Å²) in [6.45, 7) is 2.98. The van der Waals surface area contributed by atoms with Gasteiger partial charge in [0, 0.05) is 23.5 Å². The van der Waals surface area contributed by atoms with E-state index in [1.54, 1.807) is 13.2 Å². The van der Waals surface area contributed by atoms with Gasteiger partial charge in [-0.15, -0.1) is 0 Å². The lowest BCUT2D eigenvalue weighted by atomic mass is 9.79. The Kier molecular flexibility index (Phi) is 5.72. The zero-order chi connectivity index (χ0) is 15.3. The van der Waals surface area contributed by atoms with E-state index in [0.29, 0.717) is 23.2 Å². The highest BCUT2D eigenvalue weighted by Crippen LogP contribution is 2.28. The van der Waals surface area contributed by atoms with Crippen LogP contribution in [0.3, 0.4) is 0 Å². The molecule has 2 rings (SSSR count). The molecule has 0 bridgehead atoms. The van der Waals surface area contributed by atoms with Crippen LogP contribution in [0.25, 0.3) is 0 Å². The summed E-state index contributed by atoms with van der Waals surface area (Å²) in [5.41, 5.74) is 0.270. The van der Waals surface area contributed by atoms with Crippen LogP contribution in [-0.4, -0.2) is 39.3 Å². The van der Waals surface area contributed by atoms with Crippen LogP contribution in [0.2, 0.25) is 0 Å². The van der Waals surface area contributed by atoms with E-state index in [9.17, 15) is 9.18 Å². The zero-order valence-electron chi connectivity index (χ0n) is 12.0. The molecular formula is C15H20BrFN2O2. The van der Waals surface area contributed by atoms with Gasteiger partial charge >= 0.3 is 0 Å². The molecule has 1 aromatic carbocycles. The summed E-state index contributed by atoms with van der Waals surface area (Å²) < 4.78 is 19.2. The largest absolute Gasteiger partial charge is 0.384 e. The molecule has 0 spiro atoms. The van der Waals surface area contributed by atoms with E-state index in [1.165, 1.54) is 12.1 Å². The lowest BCUT2D eigenvalue weighted by molar-refractivity contribution is 0.0511. The topological polar surface area (TPSA) is 50.4 Å². The van der Waals surface area contributed by atoms with Gasteiger partial charge in [0.25, 0.3) is 5.91 Å². The second kappa shape index (κ2) is 7.33. The van der Waals surface area contributed by atoms with Crippen LogP contribution in [0.5, 0.6) is 0 Å². The fraction of sp³-hybridized carbons (Fsp3) is 0.533. The first-order chi connectivity index (χ1) is 10.1. The first-order valence-electron chi connectivity index (χ1n) is 6.99. The number of carbonyl (C=O) groups is 1. The first-order valence-corrected chi connectivity index (χ1v) is 7.78. The summed E-state index contributed by atoms with van der Waals surface area (Å²) in [7, 11) is 1.68. The standard InChI is InChI=1S/C15H20BrFN2O2/c1-21-10-15(4-6-18-7-5-15)9-19-14(20)12-8-11(17)2-3-13(12)16/h2-3,8,18H,4-7,9-10H2,1H3,(H,19,20). The second-order valence-corrected chi connectivity index (χ2v) is 6.34. The molecule has 1 fully saturated rings. The molecule has 1 amide bonds. The lowest BCUT2D eigenvalue weighted by Crippen LogP contribution is -2.47. The third-order valence-corrected chi connectivity index (χ3v) is 4.60. The number of rotatable bonds is 5. The van der Waals surface area contributed by atoms with E-state index in [4.69, 9.17) is 4.74 Å². The van der Waals surface area contributed by atoms with E-state index in [2.05, 4.69) is 26.6 Å². The van der Waals surface area contributed by atoms with Crippen molar-refractivity contribution in [2.75, 3.05) is 33.4 Å². The number of hydrogen-bond donors (Lipinski definition) is 2. The minimum Gasteiger partial charge on any atom is -0.384 e. The highest BCUT2D eigenvalue weighted by Gasteiger charge is 2.32. The van der Waals surface area contributed by atoms with Crippen LogP contribution in [0.15, 0.2) is 22.7 Å². The molecule has 0 atom stereocenters. The Hall–Kier alpha value is -0.980. The number of hydrogen-bond acceptors (Lipinski definition) is 3. The maximum atomic E-state index is 13.3. The molecule has 1 aromatic rings. The fourth-order valence-electron chi connectivity index (χ4n) is 2.67. The molecule has 0 unspecified atom stereocenters. The summed E-state index contributed by atoms with van der Waals surface area (Å²) in [5.74, 6) is -0.688. The number of ether oxygens (including phenoxy) is 1. The van der Waals surface area contributed by atoms with E-state index < -0.39 is 5.82 Å². The van der Waals surface area contributed by atoms with Gasteiger partial charge in [0.2, 0.25) is 0 Å². The molecule has 1 heterocycles. The molecule has 0 saturated carbocycles. The normalized spacial score (nSPS) is 17.5. The SMILES string of the molecule is COCC1(CNC(=O)c2cc(F)ccc2Br)CCNCC1. The van der Waals surface area contributed by atoms with Crippen molar-refractivity contribution in [3.8, 4) is 0 Å². The van der Waals surface area contributed by atoms with Gasteiger partial charge in [0.1, 0.15) is 5.82 Å². The molecule has 1 aliphatic rings. The molecule has 0 aliphatic carbocycles. The summed E-state index contributed by atoms with van der Waals surface area (Å²) in [6, 6.07) is 4.10. The zero-order valence-corrected chi connectivity index (χ0v) is 13.6. The van der Waals surface area contributed by atoms with Crippen molar-refractivity contribution in [1.29, 1.82) is 0 Å². The quantitative estimate of drug-likeness (QED) is 0.849. The number of methoxy groups -OCH3 is 1. The fourth-order valence-corrected chi connectivity index (χ4v) is 3.10. The number of halogens is 2. The second-order valence-electron chi connectivity index (χ2n) is 5.49. The van der Waals surface area contributed by atoms with Gasteiger partial charge in [-0.25, -0.2) is 4.39 Å². The maximum Gasteiger partial charge on any atom is 0.252 e. The predicted molar refractivity (Wildman–Crippen MR) is 82.8 cm³/mol. The third kappa shape index (κ3) is 4.25. The number of amides is 1. The average Bonchev–Trinajstić information content (AvgIpc) is 2.49. The minimum atomic E-state index is -0.420. The van der Waals surface area contributed by atoms with Crippen LogP contribution in [0.1, 0.15) is 23.2 Å². The molecule has 1 saturated heterocycles. The first kappa shape index (κ1) is 16.4. The van der Waals surface area contributed by atoms with Gasteiger partial charge < -0.3 is 15.4 Å². The Morgan fingerprint density at radius 3 is 2.86 bits per heavy atom. The Morgan fingerprint density at radius 2 is 2.19 bits per heavy atom. The highest BCUT2D eigenvalue weighted by atomic mass is 79.9. The van der Waals surface area contributed by atoms with Crippen LogP contribution in [0, 0.1) is 11.2 Å². The number of benzene rings is 1. The van der Waals surface area contributed by atoms with Crippen molar-refractivity contribution in [3.05, 3.63) is 34.1 Å². The van der Waals surface area contributed by atoms with Gasteiger partial charge in [-0.3, -0.25) is 4.79 Å². The highest BCUT2D eigenvalue weighted by molar-refractivity contribution is 9.10. The van der Waals surface area contributed by atoms with E-state index in [-0.39, 0.29) is 11.3 Å². The minimum absolute atomic E-state index is 0.0462. The van der Waals surface area contributed by atoms with E-state index in [1.807, 2.05) is 0 Å². The number of carbonyl (C=O) groups excluding carboxylic acids is 1. The number of nitrogens with one attached hydrogen (secondary N) is 2. The molecular weight excluding hydrogens is 339 g/mol. The Balaban J connectivity index is 2.03.